The molecule has 0 aliphatic carbocycles. The van der Waals surface area contributed by atoms with Crippen molar-refractivity contribution in [1.29, 1.82) is 0 Å². The minimum absolute atomic E-state index is 0.0803. The summed E-state index contributed by atoms with van der Waals surface area (Å²) in [5, 5.41) is 6.96. The number of hydrogen-bond donors (Lipinski definition) is 2. The molecule has 156 valence electrons. The van der Waals surface area contributed by atoms with E-state index in [0.29, 0.717) is 16.6 Å². The number of fused-ring (bicyclic) bond motifs is 2. The predicted octanol–water partition coefficient (Wildman–Crippen LogP) is 5.48. The zero-order valence-electron chi connectivity index (χ0n) is 17.0. The van der Waals surface area contributed by atoms with Gasteiger partial charge >= 0.3 is 6.03 Å². The summed E-state index contributed by atoms with van der Waals surface area (Å²) in [6, 6.07) is 26.6. The molecule has 5 rings (SSSR count). The molecule has 2 amide bonds. The van der Waals surface area contributed by atoms with Crippen LogP contribution in [0.25, 0.3) is 12.2 Å². The first-order valence-electron chi connectivity index (χ1n) is 10.6. The van der Waals surface area contributed by atoms with Crippen LogP contribution in [0.1, 0.15) is 22.6 Å². The Balaban J connectivity index is 1.28. The summed E-state index contributed by atoms with van der Waals surface area (Å²) in [5.74, 6) is 0.352. The van der Waals surface area contributed by atoms with Crippen molar-refractivity contribution in [3.63, 3.8) is 0 Å². The monoisotopic (exact) mass is 429 g/mol. The molecule has 4 nitrogen and oxygen atoms in total. The zero-order chi connectivity index (χ0) is 21.2. The van der Waals surface area contributed by atoms with Crippen LogP contribution >= 0.6 is 11.6 Å². The first-order chi connectivity index (χ1) is 15.2. The highest BCUT2D eigenvalue weighted by Gasteiger charge is 2.53. The van der Waals surface area contributed by atoms with E-state index < -0.39 is 0 Å². The Kier molecular flexibility index (Phi) is 5.49. The summed E-state index contributed by atoms with van der Waals surface area (Å²) in [7, 11) is 0. The van der Waals surface area contributed by atoms with Crippen LogP contribution in [0.2, 0.25) is 5.02 Å². The number of nitrogens with one attached hydrogen (secondary N) is 2. The minimum Gasteiger partial charge on any atom is -0.315 e. The number of amides is 2. The van der Waals surface area contributed by atoms with E-state index in [9.17, 15) is 4.79 Å². The number of benzene rings is 3. The molecule has 2 heterocycles. The molecule has 0 spiro atoms. The fourth-order valence-electron chi connectivity index (χ4n) is 4.65. The number of urea groups is 1. The highest BCUT2D eigenvalue weighted by Crippen LogP contribution is 2.43. The second kappa shape index (κ2) is 8.58. The van der Waals surface area contributed by atoms with Gasteiger partial charge in [0.2, 0.25) is 0 Å². The SMILES string of the molecule is O=C(Nc1ccccc1Cl)N1[C@@H]2CNC[C@H]1C2c1ccc(/C=C/c2ccccc2)cc1. The van der Waals surface area contributed by atoms with Gasteiger partial charge in [0, 0.05) is 19.0 Å². The number of piperidine rings is 1. The smallest absolute Gasteiger partial charge is 0.315 e. The largest absolute Gasteiger partial charge is 0.322 e. The van der Waals surface area contributed by atoms with Crippen molar-refractivity contribution in [1.82, 2.24) is 10.2 Å². The maximum absolute atomic E-state index is 12.9. The fraction of sp³-hybridized carbons (Fsp3) is 0.192. The molecule has 2 saturated heterocycles. The third-order valence-electron chi connectivity index (χ3n) is 6.19. The van der Waals surface area contributed by atoms with Crippen molar-refractivity contribution >= 4 is 35.5 Å². The van der Waals surface area contributed by atoms with Gasteiger partial charge in [-0.15, -0.1) is 0 Å². The van der Waals surface area contributed by atoms with E-state index in [4.69, 9.17) is 11.6 Å². The van der Waals surface area contributed by atoms with E-state index in [-0.39, 0.29) is 18.1 Å². The van der Waals surface area contributed by atoms with Gasteiger partial charge < -0.3 is 15.5 Å². The summed E-state index contributed by atoms with van der Waals surface area (Å²) < 4.78 is 0. The number of anilines is 1. The molecule has 31 heavy (non-hydrogen) atoms. The molecular weight excluding hydrogens is 406 g/mol. The molecule has 5 heteroatoms. The van der Waals surface area contributed by atoms with E-state index in [0.717, 1.165) is 13.1 Å². The van der Waals surface area contributed by atoms with Gasteiger partial charge in [-0.05, 0) is 28.8 Å². The lowest BCUT2D eigenvalue weighted by Crippen LogP contribution is -2.74. The third-order valence-corrected chi connectivity index (χ3v) is 6.52. The molecule has 3 atom stereocenters. The number of hydrogen-bond acceptors (Lipinski definition) is 2. The van der Waals surface area contributed by atoms with Crippen molar-refractivity contribution in [3.8, 4) is 0 Å². The van der Waals surface area contributed by atoms with Crippen LogP contribution in [0.4, 0.5) is 10.5 Å². The standard InChI is InChI=1S/C26H24ClN3O/c27-21-8-4-5-9-22(21)29-26(31)30-23-16-28-17-24(30)25(23)20-14-12-19(13-15-20)11-10-18-6-2-1-3-7-18/h1-15,23-25,28H,16-17H2,(H,29,31)/b11-10+/t23-,24+,25?. The number of rotatable bonds is 4. The van der Waals surface area contributed by atoms with E-state index >= 15 is 0 Å². The highest BCUT2D eigenvalue weighted by molar-refractivity contribution is 6.33. The van der Waals surface area contributed by atoms with Gasteiger partial charge in [0.15, 0.2) is 0 Å². The molecule has 0 radical (unpaired) electrons. The molecule has 2 fully saturated rings. The number of halogens is 1. The molecule has 2 aliphatic rings. The molecule has 0 saturated carbocycles. The van der Waals surface area contributed by atoms with Gasteiger partial charge in [0.25, 0.3) is 0 Å². The number of nitrogens with zero attached hydrogens (tertiary/aromatic N) is 1. The highest BCUT2D eigenvalue weighted by atomic mass is 35.5. The van der Waals surface area contributed by atoms with Crippen LogP contribution in [0.5, 0.6) is 0 Å². The molecule has 3 aromatic carbocycles. The van der Waals surface area contributed by atoms with Crippen molar-refractivity contribution in [2.24, 2.45) is 0 Å². The van der Waals surface area contributed by atoms with E-state index in [2.05, 4.69) is 59.2 Å². The van der Waals surface area contributed by atoms with Crippen LogP contribution in [-0.4, -0.2) is 36.1 Å². The van der Waals surface area contributed by atoms with Crippen molar-refractivity contribution < 1.29 is 4.79 Å². The first kappa shape index (κ1) is 19.9. The molecule has 2 N–H and O–H groups in total. The zero-order valence-corrected chi connectivity index (χ0v) is 17.8. The summed E-state index contributed by atoms with van der Waals surface area (Å²) in [6.45, 7) is 1.60. The average molecular weight is 430 g/mol. The van der Waals surface area contributed by atoms with Gasteiger partial charge in [-0.3, -0.25) is 0 Å². The minimum atomic E-state index is -0.0803. The van der Waals surface area contributed by atoms with E-state index in [1.54, 1.807) is 6.07 Å². The van der Waals surface area contributed by atoms with Gasteiger partial charge in [-0.2, -0.15) is 0 Å². The Morgan fingerprint density at radius 1 is 0.871 bits per heavy atom. The summed E-state index contributed by atoms with van der Waals surface area (Å²) in [6.07, 6.45) is 4.25. The van der Waals surface area contributed by atoms with E-state index in [1.165, 1.54) is 16.7 Å². The van der Waals surface area contributed by atoms with Gasteiger partial charge in [0.05, 0.1) is 22.8 Å². The molecule has 0 aromatic heterocycles. The normalized spacial score (nSPS) is 22.2. The molecule has 1 unspecified atom stereocenters. The van der Waals surface area contributed by atoms with Crippen LogP contribution in [-0.2, 0) is 0 Å². The van der Waals surface area contributed by atoms with Crippen molar-refractivity contribution in [3.05, 3.63) is 101 Å². The second-order valence-electron chi connectivity index (χ2n) is 8.05. The van der Waals surface area contributed by atoms with Crippen molar-refractivity contribution in [2.75, 3.05) is 18.4 Å². The quantitative estimate of drug-likeness (QED) is 0.539. The average Bonchev–Trinajstić information content (AvgIpc) is 2.81. The van der Waals surface area contributed by atoms with Gasteiger partial charge in [0.1, 0.15) is 0 Å². The Morgan fingerprint density at radius 2 is 1.48 bits per heavy atom. The fourth-order valence-corrected chi connectivity index (χ4v) is 4.83. The van der Waals surface area contributed by atoms with Gasteiger partial charge in [-0.25, -0.2) is 4.79 Å². The van der Waals surface area contributed by atoms with Gasteiger partial charge in [-0.1, -0.05) is 90.5 Å². The third kappa shape index (κ3) is 3.97. The lowest BCUT2D eigenvalue weighted by molar-refractivity contribution is 0.00201. The number of carbonyl (C=O) groups is 1. The van der Waals surface area contributed by atoms with Crippen LogP contribution < -0.4 is 10.6 Å². The summed E-state index contributed by atoms with van der Waals surface area (Å²) >= 11 is 6.21. The lowest BCUT2D eigenvalue weighted by Gasteiger charge is -2.59. The Morgan fingerprint density at radius 3 is 2.16 bits per heavy atom. The first-order valence-corrected chi connectivity index (χ1v) is 11.0. The van der Waals surface area contributed by atoms with Crippen molar-refractivity contribution in [2.45, 2.75) is 18.0 Å². The molecular formula is C26H24ClN3O. The maximum Gasteiger partial charge on any atom is 0.322 e. The molecule has 3 aromatic rings. The van der Waals surface area contributed by atoms with E-state index in [1.807, 2.05) is 41.3 Å². The lowest BCUT2D eigenvalue weighted by atomic mass is 9.72. The number of piperazine rings is 1. The Labute approximate surface area is 187 Å². The summed E-state index contributed by atoms with van der Waals surface area (Å²) in [4.78, 5) is 14.9. The Bertz CT molecular complexity index is 1090. The summed E-state index contributed by atoms with van der Waals surface area (Å²) in [5.41, 5.74) is 4.29. The topological polar surface area (TPSA) is 44.4 Å². The second-order valence-corrected chi connectivity index (χ2v) is 8.45. The number of carbonyl (C=O) groups excluding carboxylic acids is 1. The van der Waals surface area contributed by atoms with Crippen LogP contribution in [0.15, 0.2) is 78.9 Å². The Hall–Kier alpha value is -3.08. The van der Waals surface area contributed by atoms with Crippen LogP contribution in [0, 0.1) is 0 Å². The van der Waals surface area contributed by atoms with Crippen LogP contribution in [0.3, 0.4) is 0 Å². The maximum atomic E-state index is 12.9. The molecule has 2 aliphatic heterocycles. The molecule has 2 bridgehead atoms. The number of para-hydroxylation sites is 1. The predicted molar refractivity (Wildman–Crippen MR) is 127 cm³/mol.